The third-order valence-corrected chi connectivity index (χ3v) is 6.40. The number of piperazine rings is 1. The van der Waals surface area contributed by atoms with Crippen LogP contribution >= 0.6 is 11.3 Å². The quantitative estimate of drug-likeness (QED) is 0.905. The van der Waals surface area contributed by atoms with Gasteiger partial charge in [0, 0.05) is 51.1 Å². The van der Waals surface area contributed by atoms with Gasteiger partial charge in [-0.1, -0.05) is 0 Å². The number of aromatic nitrogens is 2. The van der Waals surface area contributed by atoms with Gasteiger partial charge >= 0.3 is 0 Å². The SMILES string of the molecule is CC(=O)N1CCN(CCNc2nc(C)nc3sc4c(c23)CCC4)CC1. The van der Waals surface area contributed by atoms with Crippen LogP contribution in [0.5, 0.6) is 0 Å². The molecule has 134 valence electrons. The number of anilines is 1. The lowest BCUT2D eigenvalue weighted by Crippen LogP contribution is -2.49. The summed E-state index contributed by atoms with van der Waals surface area (Å²) in [5, 5.41) is 4.81. The van der Waals surface area contributed by atoms with Crippen molar-refractivity contribution in [3.63, 3.8) is 0 Å². The molecule has 0 bridgehead atoms. The number of amides is 1. The summed E-state index contributed by atoms with van der Waals surface area (Å²) in [7, 11) is 0. The molecule has 0 spiro atoms. The third kappa shape index (κ3) is 3.35. The summed E-state index contributed by atoms with van der Waals surface area (Å²) in [6.45, 7) is 9.05. The van der Waals surface area contributed by atoms with Crippen molar-refractivity contribution < 1.29 is 4.79 Å². The summed E-state index contributed by atoms with van der Waals surface area (Å²) >= 11 is 1.84. The maximum Gasteiger partial charge on any atom is 0.219 e. The molecule has 1 saturated heterocycles. The van der Waals surface area contributed by atoms with Crippen molar-refractivity contribution >= 4 is 33.3 Å². The van der Waals surface area contributed by atoms with Crippen molar-refractivity contribution in [2.45, 2.75) is 33.1 Å². The van der Waals surface area contributed by atoms with Crippen molar-refractivity contribution in [3.8, 4) is 0 Å². The Morgan fingerprint density at radius 3 is 2.76 bits per heavy atom. The number of nitrogens with zero attached hydrogens (tertiary/aromatic N) is 4. The Morgan fingerprint density at radius 1 is 1.20 bits per heavy atom. The summed E-state index contributed by atoms with van der Waals surface area (Å²) in [5.74, 6) is 2.03. The number of carbonyl (C=O) groups excluding carboxylic acids is 1. The lowest BCUT2D eigenvalue weighted by Gasteiger charge is -2.34. The normalized spacial score (nSPS) is 17.9. The lowest BCUT2D eigenvalue weighted by molar-refractivity contribution is -0.130. The molecule has 25 heavy (non-hydrogen) atoms. The largest absolute Gasteiger partial charge is 0.368 e. The van der Waals surface area contributed by atoms with Gasteiger partial charge in [-0.2, -0.15) is 0 Å². The average Bonchev–Trinajstić information content (AvgIpc) is 3.15. The zero-order valence-corrected chi connectivity index (χ0v) is 15.8. The second-order valence-electron chi connectivity index (χ2n) is 6.93. The fraction of sp³-hybridized carbons (Fsp3) is 0.611. The maximum atomic E-state index is 11.4. The summed E-state index contributed by atoms with van der Waals surface area (Å²) < 4.78 is 0. The van der Waals surface area contributed by atoms with Crippen molar-refractivity contribution in [3.05, 3.63) is 16.3 Å². The molecular formula is C18H25N5OS. The van der Waals surface area contributed by atoms with Crippen molar-refractivity contribution in [2.24, 2.45) is 0 Å². The first-order valence-electron chi connectivity index (χ1n) is 9.12. The minimum atomic E-state index is 0.183. The molecule has 0 aromatic carbocycles. The highest BCUT2D eigenvalue weighted by atomic mass is 32.1. The fourth-order valence-corrected chi connectivity index (χ4v) is 5.16. The molecule has 2 aromatic heterocycles. The van der Waals surface area contributed by atoms with Crippen molar-refractivity contribution in [1.82, 2.24) is 19.8 Å². The van der Waals surface area contributed by atoms with Crippen molar-refractivity contribution in [2.75, 3.05) is 44.6 Å². The van der Waals surface area contributed by atoms with E-state index in [1.807, 2.05) is 23.2 Å². The van der Waals surface area contributed by atoms with Gasteiger partial charge in [0.1, 0.15) is 16.5 Å². The first-order valence-corrected chi connectivity index (χ1v) is 9.94. The Balaban J connectivity index is 1.41. The molecule has 1 aliphatic heterocycles. The minimum Gasteiger partial charge on any atom is -0.368 e. The number of hydrogen-bond donors (Lipinski definition) is 1. The van der Waals surface area contributed by atoms with Crippen LogP contribution in [0.15, 0.2) is 0 Å². The summed E-state index contributed by atoms with van der Waals surface area (Å²) in [5.41, 5.74) is 1.47. The van der Waals surface area contributed by atoms with Gasteiger partial charge in [-0.3, -0.25) is 9.69 Å². The second-order valence-corrected chi connectivity index (χ2v) is 8.02. The molecule has 1 aliphatic carbocycles. The Morgan fingerprint density at radius 2 is 2.00 bits per heavy atom. The molecule has 3 heterocycles. The van der Waals surface area contributed by atoms with Gasteiger partial charge in [0.25, 0.3) is 0 Å². The van der Waals surface area contributed by atoms with Crippen LogP contribution in [0.3, 0.4) is 0 Å². The van der Waals surface area contributed by atoms with Gasteiger partial charge in [0.2, 0.25) is 5.91 Å². The van der Waals surface area contributed by atoms with Crippen LogP contribution < -0.4 is 5.32 Å². The second kappa shape index (κ2) is 6.88. The number of aryl methyl sites for hydroxylation is 3. The van der Waals surface area contributed by atoms with Crippen LogP contribution in [-0.2, 0) is 17.6 Å². The molecule has 1 fully saturated rings. The van der Waals surface area contributed by atoms with E-state index in [1.54, 1.807) is 6.92 Å². The molecule has 6 nitrogen and oxygen atoms in total. The zero-order chi connectivity index (χ0) is 17.4. The topological polar surface area (TPSA) is 61.4 Å². The van der Waals surface area contributed by atoms with Crippen LogP contribution in [0.1, 0.15) is 29.6 Å². The van der Waals surface area contributed by atoms with Gasteiger partial charge in [0.15, 0.2) is 0 Å². The predicted molar refractivity (Wildman–Crippen MR) is 101 cm³/mol. The molecule has 4 rings (SSSR count). The maximum absolute atomic E-state index is 11.4. The Bertz CT molecular complexity index is 794. The van der Waals surface area contributed by atoms with E-state index in [4.69, 9.17) is 0 Å². The predicted octanol–water partition coefficient (Wildman–Crippen LogP) is 2.06. The van der Waals surface area contributed by atoms with E-state index in [0.29, 0.717) is 0 Å². The van der Waals surface area contributed by atoms with E-state index < -0.39 is 0 Å². The van der Waals surface area contributed by atoms with Crippen LogP contribution in [0.2, 0.25) is 0 Å². The van der Waals surface area contributed by atoms with Crippen molar-refractivity contribution in [1.29, 1.82) is 0 Å². The number of nitrogens with one attached hydrogen (secondary N) is 1. The smallest absolute Gasteiger partial charge is 0.219 e. The van der Waals surface area contributed by atoms with Gasteiger partial charge in [-0.15, -0.1) is 11.3 Å². The number of thiophene rings is 1. The monoisotopic (exact) mass is 359 g/mol. The van der Waals surface area contributed by atoms with E-state index in [-0.39, 0.29) is 5.91 Å². The van der Waals surface area contributed by atoms with E-state index in [1.165, 1.54) is 28.7 Å². The van der Waals surface area contributed by atoms with Crippen LogP contribution in [0.25, 0.3) is 10.2 Å². The van der Waals surface area contributed by atoms with E-state index >= 15 is 0 Å². The summed E-state index contributed by atoms with van der Waals surface area (Å²) in [6, 6.07) is 0. The van der Waals surface area contributed by atoms with E-state index in [9.17, 15) is 4.79 Å². The van der Waals surface area contributed by atoms with Gasteiger partial charge < -0.3 is 10.2 Å². The van der Waals surface area contributed by atoms with E-state index in [0.717, 1.165) is 62.2 Å². The molecule has 0 atom stereocenters. The molecule has 0 unspecified atom stereocenters. The first-order chi connectivity index (χ1) is 12.1. The van der Waals surface area contributed by atoms with Gasteiger partial charge in [-0.05, 0) is 31.7 Å². The van der Waals surface area contributed by atoms with Crippen LogP contribution in [-0.4, -0.2) is 64.9 Å². The lowest BCUT2D eigenvalue weighted by atomic mass is 10.2. The zero-order valence-electron chi connectivity index (χ0n) is 15.0. The Labute approximate surface area is 152 Å². The molecule has 0 radical (unpaired) electrons. The van der Waals surface area contributed by atoms with Crippen LogP contribution in [0.4, 0.5) is 5.82 Å². The highest BCUT2D eigenvalue weighted by molar-refractivity contribution is 7.19. The van der Waals surface area contributed by atoms with Gasteiger partial charge in [0.05, 0.1) is 5.39 Å². The molecule has 2 aliphatic rings. The summed E-state index contributed by atoms with van der Waals surface area (Å²) in [4.78, 5) is 27.7. The minimum absolute atomic E-state index is 0.183. The first kappa shape index (κ1) is 16.7. The molecule has 7 heteroatoms. The highest BCUT2D eigenvalue weighted by Gasteiger charge is 2.22. The Hall–Kier alpha value is -1.73. The fourth-order valence-electron chi connectivity index (χ4n) is 3.85. The number of hydrogen-bond acceptors (Lipinski definition) is 6. The van der Waals surface area contributed by atoms with E-state index in [2.05, 4.69) is 20.2 Å². The van der Waals surface area contributed by atoms with Crippen LogP contribution in [0, 0.1) is 6.92 Å². The third-order valence-electron chi connectivity index (χ3n) is 5.21. The average molecular weight is 359 g/mol. The molecule has 1 amide bonds. The molecule has 1 N–H and O–H groups in total. The molecule has 2 aromatic rings. The van der Waals surface area contributed by atoms with Gasteiger partial charge in [-0.25, -0.2) is 9.97 Å². The number of rotatable bonds is 4. The molecular weight excluding hydrogens is 334 g/mol. The number of fused-ring (bicyclic) bond motifs is 3. The highest BCUT2D eigenvalue weighted by Crippen LogP contribution is 2.39. The molecule has 0 saturated carbocycles. The number of carbonyl (C=O) groups is 1. The summed E-state index contributed by atoms with van der Waals surface area (Å²) in [6.07, 6.45) is 3.60. The Kier molecular flexibility index (Phi) is 4.60. The standard InChI is InChI=1S/C18H25N5OS/c1-12-20-17(16-14-4-3-5-15(14)25-18(16)21-12)19-6-7-22-8-10-23(11-9-22)13(2)24/h3-11H2,1-2H3,(H,19,20,21).